The van der Waals surface area contributed by atoms with Gasteiger partial charge in [-0.15, -0.1) is 11.3 Å². The molecular formula is C20H25N3O2S. The van der Waals surface area contributed by atoms with Crippen molar-refractivity contribution in [3.8, 4) is 10.6 Å². The van der Waals surface area contributed by atoms with Crippen LogP contribution in [0.25, 0.3) is 10.6 Å². The zero-order chi connectivity index (χ0) is 18.1. The molecule has 3 fully saturated rings. The van der Waals surface area contributed by atoms with Gasteiger partial charge in [0, 0.05) is 17.5 Å². The zero-order valence-electron chi connectivity index (χ0n) is 15.3. The van der Waals surface area contributed by atoms with Gasteiger partial charge in [0.2, 0.25) is 0 Å². The number of nitrogens with zero attached hydrogens (tertiary/aromatic N) is 2. The van der Waals surface area contributed by atoms with Gasteiger partial charge in [0.15, 0.2) is 0 Å². The normalized spacial score (nSPS) is 25.1. The van der Waals surface area contributed by atoms with E-state index >= 15 is 0 Å². The first-order valence-corrected chi connectivity index (χ1v) is 10.1. The van der Waals surface area contributed by atoms with Crippen LogP contribution in [0, 0.1) is 5.92 Å². The van der Waals surface area contributed by atoms with Crippen LogP contribution in [-0.4, -0.2) is 41.7 Å². The highest BCUT2D eigenvalue weighted by Crippen LogP contribution is 2.31. The number of fused-ring (bicyclic) bond motifs is 3. The van der Waals surface area contributed by atoms with E-state index in [4.69, 9.17) is 9.72 Å². The third kappa shape index (κ3) is 3.62. The molecule has 26 heavy (non-hydrogen) atoms. The van der Waals surface area contributed by atoms with E-state index in [2.05, 4.69) is 10.2 Å². The number of nitrogens with one attached hydrogen (secondary N) is 1. The molecule has 3 aliphatic heterocycles. The lowest BCUT2D eigenvalue weighted by atomic mass is 9.86. The van der Waals surface area contributed by atoms with Crippen molar-refractivity contribution < 1.29 is 9.53 Å². The second-order valence-corrected chi connectivity index (χ2v) is 8.59. The monoisotopic (exact) mass is 371 g/mol. The number of alkyl carbamates (subject to hydrolysis) is 1. The maximum atomic E-state index is 12.5. The number of hydrogen-bond acceptors (Lipinski definition) is 5. The molecule has 5 rings (SSSR count). The second-order valence-electron chi connectivity index (χ2n) is 7.74. The number of amides is 1. The minimum atomic E-state index is -0.575. The summed E-state index contributed by atoms with van der Waals surface area (Å²) in [7, 11) is 0. The van der Waals surface area contributed by atoms with Gasteiger partial charge in [-0.25, -0.2) is 9.78 Å². The summed E-state index contributed by atoms with van der Waals surface area (Å²) in [5.41, 5.74) is 1.37. The molecule has 2 aromatic rings. The Kier molecular flexibility index (Phi) is 4.71. The first-order chi connectivity index (χ1) is 12.5. The molecule has 1 atom stereocenters. The van der Waals surface area contributed by atoms with Gasteiger partial charge in [0.25, 0.3) is 0 Å². The number of carbonyl (C=O) groups excluding carboxylic acids is 1. The molecule has 0 radical (unpaired) electrons. The molecule has 1 amide bonds. The van der Waals surface area contributed by atoms with Crippen LogP contribution in [0.15, 0.2) is 35.7 Å². The standard InChI is InChI=1S/C20H25N3O2S/c1-20(2,17-13-26-18(21-17)15-6-4-3-5-7-15)22-19(24)25-16-12-23-10-8-14(16)9-11-23/h3-7,13-14,16H,8-12H2,1-2H3,(H,22,24)/t16-/m1/s1. The van der Waals surface area contributed by atoms with Gasteiger partial charge < -0.3 is 10.1 Å². The van der Waals surface area contributed by atoms with Crippen LogP contribution in [0.2, 0.25) is 0 Å². The van der Waals surface area contributed by atoms with E-state index in [0.717, 1.165) is 48.7 Å². The van der Waals surface area contributed by atoms with Gasteiger partial charge in [-0.1, -0.05) is 30.3 Å². The fourth-order valence-corrected chi connectivity index (χ4v) is 4.80. The van der Waals surface area contributed by atoms with Crippen molar-refractivity contribution in [1.82, 2.24) is 15.2 Å². The van der Waals surface area contributed by atoms with E-state index in [1.54, 1.807) is 11.3 Å². The van der Waals surface area contributed by atoms with E-state index in [-0.39, 0.29) is 12.2 Å². The SMILES string of the molecule is CC(C)(NC(=O)O[C@@H]1CN2CCC1CC2)c1csc(-c2ccccc2)n1. The lowest BCUT2D eigenvalue weighted by Crippen LogP contribution is -2.53. The fourth-order valence-electron chi connectivity index (χ4n) is 3.80. The van der Waals surface area contributed by atoms with Crippen LogP contribution in [-0.2, 0) is 10.3 Å². The third-order valence-corrected chi connectivity index (χ3v) is 6.33. The molecule has 3 saturated heterocycles. The first kappa shape index (κ1) is 17.5. The van der Waals surface area contributed by atoms with Crippen LogP contribution in [0.3, 0.4) is 0 Å². The maximum absolute atomic E-state index is 12.5. The summed E-state index contributed by atoms with van der Waals surface area (Å²) in [4.78, 5) is 19.6. The molecule has 0 saturated carbocycles. The molecule has 5 nitrogen and oxygen atoms in total. The molecule has 4 heterocycles. The quantitative estimate of drug-likeness (QED) is 0.886. The molecule has 1 N–H and O–H groups in total. The van der Waals surface area contributed by atoms with Gasteiger partial charge in [-0.2, -0.15) is 0 Å². The molecule has 6 heteroatoms. The highest BCUT2D eigenvalue weighted by Gasteiger charge is 2.37. The Hall–Kier alpha value is -1.92. The fraction of sp³-hybridized carbons (Fsp3) is 0.500. The molecule has 0 aliphatic carbocycles. The molecule has 0 spiro atoms. The Morgan fingerprint density at radius 3 is 2.65 bits per heavy atom. The Morgan fingerprint density at radius 1 is 1.27 bits per heavy atom. The summed E-state index contributed by atoms with van der Waals surface area (Å²) in [6.45, 7) is 7.08. The van der Waals surface area contributed by atoms with Gasteiger partial charge in [0.1, 0.15) is 11.1 Å². The van der Waals surface area contributed by atoms with Crippen molar-refractivity contribution >= 4 is 17.4 Å². The number of benzene rings is 1. The predicted octanol–water partition coefficient (Wildman–Crippen LogP) is 3.87. The van der Waals surface area contributed by atoms with Gasteiger partial charge in [-0.05, 0) is 45.7 Å². The van der Waals surface area contributed by atoms with Crippen LogP contribution < -0.4 is 5.32 Å². The number of thiazole rings is 1. The van der Waals surface area contributed by atoms with Crippen LogP contribution >= 0.6 is 11.3 Å². The molecule has 138 valence electrons. The lowest BCUT2D eigenvalue weighted by Gasteiger charge is -2.44. The second kappa shape index (κ2) is 7.00. The summed E-state index contributed by atoms with van der Waals surface area (Å²) in [6.07, 6.45) is 1.94. The number of rotatable bonds is 4. The Bertz CT molecular complexity index is 766. The Morgan fingerprint density at radius 2 is 2.00 bits per heavy atom. The first-order valence-electron chi connectivity index (χ1n) is 9.24. The van der Waals surface area contributed by atoms with Crippen molar-refractivity contribution in [1.29, 1.82) is 0 Å². The smallest absolute Gasteiger partial charge is 0.408 e. The van der Waals surface area contributed by atoms with E-state index in [1.807, 2.05) is 49.6 Å². The molecule has 0 unspecified atom stereocenters. The number of piperidine rings is 3. The number of ether oxygens (including phenoxy) is 1. The average molecular weight is 372 g/mol. The van der Waals surface area contributed by atoms with Crippen molar-refractivity contribution in [2.75, 3.05) is 19.6 Å². The highest BCUT2D eigenvalue weighted by atomic mass is 32.1. The van der Waals surface area contributed by atoms with E-state index in [0.29, 0.717) is 5.92 Å². The van der Waals surface area contributed by atoms with E-state index < -0.39 is 5.54 Å². The summed E-state index contributed by atoms with van der Waals surface area (Å²) in [5.74, 6) is 0.512. The molecular weight excluding hydrogens is 346 g/mol. The van der Waals surface area contributed by atoms with Crippen molar-refractivity contribution in [2.45, 2.75) is 38.3 Å². The summed E-state index contributed by atoms with van der Waals surface area (Å²) < 4.78 is 5.76. The van der Waals surface area contributed by atoms with Crippen LogP contribution in [0.5, 0.6) is 0 Å². The van der Waals surface area contributed by atoms with Crippen LogP contribution in [0.4, 0.5) is 4.79 Å². The van der Waals surface area contributed by atoms with E-state index in [1.165, 1.54) is 0 Å². The number of hydrogen-bond donors (Lipinski definition) is 1. The highest BCUT2D eigenvalue weighted by molar-refractivity contribution is 7.13. The van der Waals surface area contributed by atoms with Crippen molar-refractivity contribution in [3.05, 3.63) is 41.4 Å². The van der Waals surface area contributed by atoms with Gasteiger partial charge in [-0.3, -0.25) is 4.90 Å². The number of aromatic nitrogens is 1. The summed E-state index contributed by atoms with van der Waals surface area (Å²) >= 11 is 1.59. The molecule has 1 aromatic heterocycles. The lowest BCUT2D eigenvalue weighted by molar-refractivity contribution is -0.0350. The van der Waals surface area contributed by atoms with Gasteiger partial charge >= 0.3 is 6.09 Å². The largest absolute Gasteiger partial charge is 0.445 e. The van der Waals surface area contributed by atoms with Crippen molar-refractivity contribution in [2.24, 2.45) is 5.92 Å². The zero-order valence-corrected chi connectivity index (χ0v) is 16.1. The Balaban J connectivity index is 1.40. The van der Waals surface area contributed by atoms with Gasteiger partial charge in [0.05, 0.1) is 11.2 Å². The molecule has 1 aromatic carbocycles. The average Bonchev–Trinajstić information content (AvgIpc) is 3.14. The summed E-state index contributed by atoms with van der Waals surface area (Å²) in [6, 6.07) is 10.1. The number of carbonyl (C=O) groups is 1. The Labute approximate surface area is 158 Å². The van der Waals surface area contributed by atoms with Crippen molar-refractivity contribution in [3.63, 3.8) is 0 Å². The maximum Gasteiger partial charge on any atom is 0.408 e. The summed E-state index contributed by atoms with van der Waals surface area (Å²) in [5, 5.41) is 5.98. The van der Waals surface area contributed by atoms with Crippen LogP contribution in [0.1, 0.15) is 32.4 Å². The topological polar surface area (TPSA) is 54.5 Å². The molecule has 3 aliphatic rings. The minimum Gasteiger partial charge on any atom is -0.445 e. The predicted molar refractivity (Wildman–Crippen MR) is 103 cm³/mol. The van der Waals surface area contributed by atoms with E-state index in [9.17, 15) is 4.79 Å². The third-order valence-electron chi connectivity index (χ3n) is 5.43. The molecule has 2 bridgehead atoms. The minimum absolute atomic E-state index is 0.0172.